The topological polar surface area (TPSA) is 92.7 Å². The summed E-state index contributed by atoms with van der Waals surface area (Å²) in [5.74, 6) is 12.1. The van der Waals surface area contributed by atoms with E-state index in [2.05, 4.69) is 40.1 Å². The Bertz CT molecular complexity index is 713. The van der Waals surface area contributed by atoms with Gasteiger partial charge >= 0.3 is 10.4 Å². The molecule has 0 saturated heterocycles. The van der Waals surface area contributed by atoms with Gasteiger partial charge < -0.3 is 5.32 Å². The summed E-state index contributed by atoms with van der Waals surface area (Å²) >= 11 is 0. The lowest BCUT2D eigenvalue weighted by molar-refractivity contribution is -0.121. The van der Waals surface area contributed by atoms with Gasteiger partial charge in [0.05, 0.1) is 6.61 Å². The van der Waals surface area contributed by atoms with E-state index < -0.39 is 10.4 Å². The second-order valence-corrected chi connectivity index (χ2v) is 9.85. The van der Waals surface area contributed by atoms with Crippen LogP contribution in [0.15, 0.2) is 0 Å². The number of nitrogens with one attached hydrogen (secondary N) is 1. The van der Waals surface area contributed by atoms with Crippen molar-refractivity contribution in [3.05, 3.63) is 0 Å². The summed E-state index contributed by atoms with van der Waals surface area (Å²) in [6, 6.07) is 0. The molecule has 7 heteroatoms. The zero-order chi connectivity index (χ0) is 25.2. The van der Waals surface area contributed by atoms with Gasteiger partial charge in [-0.15, -0.1) is 0 Å². The largest absolute Gasteiger partial charge is 0.397 e. The Morgan fingerprint density at radius 2 is 1.18 bits per heavy atom. The second kappa shape index (κ2) is 24.6. The minimum absolute atomic E-state index is 0.0589. The fourth-order valence-electron chi connectivity index (χ4n) is 3.55. The molecule has 0 aliphatic carbocycles. The fourth-order valence-corrected chi connectivity index (χ4v) is 3.84. The Balaban J connectivity index is 3.36. The molecule has 0 rings (SSSR count). The molecule has 0 heterocycles. The number of carbonyl (C=O) groups excluding carboxylic acids is 1. The molecule has 0 aromatic carbocycles. The Labute approximate surface area is 209 Å². The van der Waals surface area contributed by atoms with Crippen molar-refractivity contribution in [2.75, 3.05) is 13.2 Å². The third-order valence-electron chi connectivity index (χ3n) is 5.51. The van der Waals surface area contributed by atoms with Crippen molar-refractivity contribution < 1.29 is 21.9 Å². The number of amides is 1. The van der Waals surface area contributed by atoms with Crippen molar-refractivity contribution in [1.82, 2.24) is 5.32 Å². The number of unbranched alkanes of at least 4 members (excludes halogenated alkanes) is 16. The zero-order valence-electron chi connectivity index (χ0n) is 21.3. The molecule has 0 saturated carbocycles. The minimum atomic E-state index is -4.44. The third-order valence-corrected chi connectivity index (χ3v) is 5.97. The molecule has 0 bridgehead atoms. The van der Waals surface area contributed by atoms with Crippen molar-refractivity contribution in [3.8, 4) is 23.7 Å². The van der Waals surface area contributed by atoms with Crippen molar-refractivity contribution in [2.45, 2.75) is 129 Å². The van der Waals surface area contributed by atoms with Crippen LogP contribution in [0, 0.1) is 23.7 Å². The van der Waals surface area contributed by atoms with E-state index in [1.54, 1.807) is 0 Å². The smallest absolute Gasteiger partial charge is 0.354 e. The molecule has 0 aromatic heterocycles. The highest BCUT2D eigenvalue weighted by Crippen LogP contribution is 2.11. The van der Waals surface area contributed by atoms with Gasteiger partial charge in [0.25, 0.3) is 0 Å². The maximum Gasteiger partial charge on any atom is 0.397 e. The maximum absolute atomic E-state index is 11.6. The quantitative estimate of drug-likeness (QED) is 0.103. The summed E-state index contributed by atoms with van der Waals surface area (Å²) in [5.41, 5.74) is 0. The number of hydrogen-bond donors (Lipinski definition) is 2. The van der Waals surface area contributed by atoms with E-state index in [9.17, 15) is 13.2 Å². The van der Waals surface area contributed by atoms with Gasteiger partial charge in [-0.3, -0.25) is 9.35 Å². The highest BCUT2D eigenvalue weighted by atomic mass is 32.3. The first-order valence-electron chi connectivity index (χ1n) is 13.3. The van der Waals surface area contributed by atoms with Crippen molar-refractivity contribution in [3.63, 3.8) is 0 Å². The summed E-state index contributed by atoms with van der Waals surface area (Å²) in [5, 5.41) is 2.55. The molecule has 0 aromatic rings. The van der Waals surface area contributed by atoms with Gasteiger partial charge in [0.1, 0.15) is 0 Å². The summed E-state index contributed by atoms with van der Waals surface area (Å²) < 4.78 is 33.3. The van der Waals surface area contributed by atoms with Gasteiger partial charge in [0, 0.05) is 25.8 Å². The van der Waals surface area contributed by atoms with Crippen LogP contribution in [0.2, 0.25) is 0 Å². The van der Waals surface area contributed by atoms with Crippen LogP contribution in [-0.2, 0) is 19.4 Å². The van der Waals surface area contributed by atoms with E-state index in [1.807, 2.05) is 0 Å². The lowest BCUT2D eigenvalue weighted by Gasteiger charge is -2.04. The fraction of sp³-hybridized carbons (Fsp3) is 0.815. The van der Waals surface area contributed by atoms with Gasteiger partial charge in [-0.05, 0) is 31.1 Å². The molecule has 0 aliphatic rings. The Morgan fingerprint density at radius 3 is 1.65 bits per heavy atom. The van der Waals surface area contributed by atoms with Crippen LogP contribution in [0.1, 0.15) is 129 Å². The molecule has 2 N–H and O–H groups in total. The van der Waals surface area contributed by atoms with E-state index in [-0.39, 0.29) is 19.1 Å². The Morgan fingerprint density at radius 1 is 0.735 bits per heavy atom. The van der Waals surface area contributed by atoms with Gasteiger partial charge in [0.15, 0.2) is 0 Å². The van der Waals surface area contributed by atoms with E-state index in [1.165, 1.54) is 64.2 Å². The summed E-state index contributed by atoms with van der Waals surface area (Å²) in [6.45, 7) is 2.05. The van der Waals surface area contributed by atoms with Crippen molar-refractivity contribution in [2.24, 2.45) is 0 Å². The molecule has 196 valence electrons. The molecular formula is C27H47NO5S. The van der Waals surface area contributed by atoms with E-state index in [4.69, 9.17) is 4.55 Å². The zero-order valence-corrected chi connectivity index (χ0v) is 22.2. The van der Waals surface area contributed by atoms with Crippen LogP contribution in [0.25, 0.3) is 0 Å². The molecule has 0 unspecified atom stereocenters. The van der Waals surface area contributed by atoms with Crippen LogP contribution in [0.5, 0.6) is 0 Å². The maximum atomic E-state index is 11.6. The highest BCUT2D eigenvalue weighted by Gasteiger charge is 2.05. The molecule has 0 fully saturated rings. The van der Waals surface area contributed by atoms with Crippen LogP contribution in [0.3, 0.4) is 0 Å². The monoisotopic (exact) mass is 497 g/mol. The van der Waals surface area contributed by atoms with Gasteiger partial charge in [-0.25, -0.2) is 4.18 Å². The summed E-state index contributed by atoms with van der Waals surface area (Å²) in [4.78, 5) is 11.6. The van der Waals surface area contributed by atoms with E-state index in [0.717, 1.165) is 51.4 Å². The van der Waals surface area contributed by atoms with E-state index in [0.29, 0.717) is 6.42 Å². The molecule has 0 atom stereocenters. The standard InChI is InChI=1S/C27H47NO5S/c1-2-3-4-5-6-7-8-9-10-11-12-13-14-15-16-17-18-19-20-21-22-23-24-27(29)28-25-26-33-34(30,31)32/h2-12,17-26H2,1H3,(H,28,29)(H,30,31,32). The first-order valence-corrected chi connectivity index (χ1v) is 14.7. The second-order valence-electron chi connectivity index (χ2n) is 8.76. The molecule has 6 nitrogen and oxygen atoms in total. The summed E-state index contributed by atoms with van der Waals surface area (Å²) in [7, 11) is -4.44. The molecule has 1 amide bonds. The lowest BCUT2D eigenvalue weighted by Crippen LogP contribution is -2.27. The third kappa shape index (κ3) is 28.5. The molecular weight excluding hydrogens is 450 g/mol. The first-order chi connectivity index (χ1) is 16.5. The minimum Gasteiger partial charge on any atom is -0.354 e. The average Bonchev–Trinajstić information content (AvgIpc) is 2.79. The average molecular weight is 498 g/mol. The Hall–Kier alpha value is -1.54. The number of carbonyl (C=O) groups is 1. The highest BCUT2D eigenvalue weighted by molar-refractivity contribution is 7.80. The summed E-state index contributed by atoms with van der Waals surface area (Å²) in [6.07, 6.45) is 22.0. The van der Waals surface area contributed by atoms with Crippen LogP contribution in [-0.4, -0.2) is 32.0 Å². The Kier molecular flexibility index (Phi) is 23.5. The van der Waals surface area contributed by atoms with Crippen LogP contribution in [0.4, 0.5) is 0 Å². The predicted molar refractivity (Wildman–Crippen MR) is 139 cm³/mol. The first kappa shape index (κ1) is 32.5. The van der Waals surface area contributed by atoms with Gasteiger partial charge in [0.2, 0.25) is 5.91 Å². The normalized spacial score (nSPS) is 10.8. The van der Waals surface area contributed by atoms with Crippen molar-refractivity contribution in [1.29, 1.82) is 0 Å². The number of hydrogen-bond acceptors (Lipinski definition) is 4. The van der Waals surface area contributed by atoms with Gasteiger partial charge in [-0.1, -0.05) is 102 Å². The SMILES string of the molecule is CCCCCCCCCCCCC#CC#CCCCCCCCCC(=O)NCCOS(=O)(=O)O. The van der Waals surface area contributed by atoms with E-state index >= 15 is 0 Å². The molecule has 0 aliphatic heterocycles. The lowest BCUT2D eigenvalue weighted by atomic mass is 10.1. The molecule has 34 heavy (non-hydrogen) atoms. The number of rotatable bonds is 22. The predicted octanol–water partition coefficient (Wildman–Crippen LogP) is 6.36. The van der Waals surface area contributed by atoms with Crippen LogP contribution >= 0.6 is 0 Å². The van der Waals surface area contributed by atoms with Crippen LogP contribution < -0.4 is 5.32 Å². The van der Waals surface area contributed by atoms with Crippen molar-refractivity contribution >= 4 is 16.3 Å². The molecule has 0 spiro atoms. The molecule has 0 radical (unpaired) electrons. The van der Waals surface area contributed by atoms with Gasteiger partial charge in [-0.2, -0.15) is 8.42 Å².